The molecule has 116 valence electrons. The van der Waals surface area contributed by atoms with E-state index in [0.29, 0.717) is 0 Å². The first kappa shape index (κ1) is 13.8. The average Bonchev–Trinajstić information content (AvgIpc) is 3.26. The number of benzene rings is 1. The van der Waals surface area contributed by atoms with Crippen molar-refractivity contribution < 1.29 is 0 Å². The molecule has 0 atom stereocenters. The molecule has 3 aromatic rings. The number of imidazole rings is 1. The number of hydrogen-bond acceptors (Lipinski definition) is 5. The van der Waals surface area contributed by atoms with Gasteiger partial charge in [-0.1, -0.05) is 30.3 Å². The normalized spacial score (nSPS) is 12.7. The molecule has 23 heavy (non-hydrogen) atoms. The highest BCUT2D eigenvalue weighted by Gasteiger charge is 2.19. The Balaban J connectivity index is 1.59. The van der Waals surface area contributed by atoms with E-state index < -0.39 is 0 Å². The lowest BCUT2D eigenvalue weighted by Crippen LogP contribution is -2.10. The minimum atomic E-state index is 0.753. The number of nitrogens with one attached hydrogen (secondary N) is 3. The quantitative estimate of drug-likeness (QED) is 0.675. The molecule has 2 aromatic heterocycles. The van der Waals surface area contributed by atoms with Gasteiger partial charge in [0.15, 0.2) is 5.82 Å². The van der Waals surface area contributed by atoms with Crippen LogP contribution in [0.15, 0.2) is 42.9 Å². The van der Waals surface area contributed by atoms with Crippen LogP contribution in [-0.2, 0) is 12.8 Å². The van der Waals surface area contributed by atoms with Crippen LogP contribution in [0.25, 0.3) is 11.4 Å². The van der Waals surface area contributed by atoms with Crippen molar-refractivity contribution in [3.8, 4) is 11.4 Å². The van der Waals surface area contributed by atoms with Gasteiger partial charge in [0.05, 0.1) is 6.33 Å². The lowest BCUT2D eigenvalue weighted by atomic mass is 10.2. The minimum Gasteiger partial charge on any atom is -0.369 e. The Bertz CT molecular complexity index is 782. The fraction of sp³-hybridized carbons (Fsp3) is 0.235. The summed E-state index contributed by atoms with van der Waals surface area (Å²) in [5.41, 5.74) is 3.32. The molecule has 4 rings (SSSR count). The fourth-order valence-electron chi connectivity index (χ4n) is 2.77. The number of H-pyrrole nitrogens is 1. The molecule has 0 saturated heterocycles. The monoisotopic (exact) mass is 306 g/mol. The van der Waals surface area contributed by atoms with Crippen LogP contribution >= 0.6 is 0 Å². The number of aromatic nitrogens is 4. The SMILES string of the molecule is c1ccc(-c2nc(NCCc3cnc[nH]3)c3c(n2)NCC3)cc1. The van der Waals surface area contributed by atoms with E-state index in [0.717, 1.165) is 54.6 Å². The first-order chi connectivity index (χ1) is 11.4. The molecule has 0 spiro atoms. The van der Waals surface area contributed by atoms with E-state index >= 15 is 0 Å². The zero-order valence-corrected chi connectivity index (χ0v) is 12.7. The first-order valence-corrected chi connectivity index (χ1v) is 7.81. The topological polar surface area (TPSA) is 78.5 Å². The summed E-state index contributed by atoms with van der Waals surface area (Å²) in [6.45, 7) is 1.72. The van der Waals surface area contributed by atoms with Gasteiger partial charge in [-0.25, -0.2) is 15.0 Å². The van der Waals surface area contributed by atoms with Gasteiger partial charge >= 0.3 is 0 Å². The Hall–Kier alpha value is -2.89. The van der Waals surface area contributed by atoms with Gasteiger partial charge in [-0.15, -0.1) is 0 Å². The van der Waals surface area contributed by atoms with Crippen molar-refractivity contribution in [1.29, 1.82) is 0 Å². The van der Waals surface area contributed by atoms with Crippen molar-refractivity contribution in [2.24, 2.45) is 0 Å². The van der Waals surface area contributed by atoms with Gasteiger partial charge in [0.2, 0.25) is 0 Å². The van der Waals surface area contributed by atoms with Crippen molar-refractivity contribution in [2.45, 2.75) is 12.8 Å². The largest absolute Gasteiger partial charge is 0.369 e. The van der Waals surface area contributed by atoms with Crippen LogP contribution in [-0.4, -0.2) is 33.0 Å². The van der Waals surface area contributed by atoms with Gasteiger partial charge in [-0.05, 0) is 6.42 Å². The van der Waals surface area contributed by atoms with Crippen LogP contribution in [0, 0.1) is 0 Å². The minimum absolute atomic E-state index is 0.753. The van der Waals surface area contributed by atoms with E-state index in [1.165, 1.54) is 5.56 Å². The Kier molecular flexibility index (Phi) is 3.63. The molecular formula is C17H18N6. The van der Waals surface area contributed by atoms with Gasteiger partial charge in [-0.2, -0.15) is 0 Å². The van der Waals surface area contributed by atoms with Crippen molar-refractivity contribution in [3.63, 3.8) is 0 Å². The summed E-state index contributed by atoms with van der Waals surface area (Å²) in [6.07, 6.45) is 5.39. The molecule has 6 nitrogen and oxygen atoms in total. The van der Waals surface area contributed by atoms with Crippen LogP contribution in [0.3, 0.4) is 0 Å². The predicted octanol–water partition coefficient (Wildman–Crippen LogP) is 2.49. The first-order valence-electron chi connectivity index (χ1n) is 7.81. The number of nitrogens with zero attached hydrogens (tertiary/aromatic N) is 3. The zero-order valence-electron chi connectivity index (χ0n) is 12.7. The summed E-state index contributed by atoms with van der Waals surface area (Å²) in [7, 11) is 0. The summed E-state index contributed by atoms with van der Waals surface area (Å²) in [4.78, 5) is 16.6. The summed E-state index contributed by atoms with van der Waals surface area (Å²) >= 11 is 0. The number of anilines is 2. The lowest BCUT2D eigenvalue weighted by Gasteiger charge is -2.11. The van der Waals surface area contributed by atoms with Crippen molar-refractivity contribution >= 4 is 11.6 Å². The van der Waals surface area contributed by atoms with Crippen LogP contribution in [0.4, 0.5) is 11.6 Å². The standard InChI is InChI=1S/C17H18N6/c1-2-4-12(5-3-1)15-22-16(14-7-9-20-17(14)23-15)19-8-6-13-10-18-11-21-13/h1-5,10-11H,6-9H2,(H,18,21)(H2,19,20,22,23). The molecule has 0 unspecified atom stereocenters. The maximum absolute atomic E-state index is 4.75. The summed E-state index contributed by atoms with van der Waals surface area (Å²) in [5.74, 6) is 2.63. The van der Waals surface area contributed by atoms with Crippen LogP contribution in [0.2, 0.25) is 0 Å². The highest BCUT2D eigenvalue weighted by atomic mass is 15.1. The van der Waals surface area contributed by atoms with E-state index in [1.54, 1.807) is 6.33 Å². The fourth-order valence-corrected chi connectivity index (χ4v) is 2.77. The maximum Gasteiger partial charge on any atom is 0.163 e. The molecule has 0 saturated carbocycles. The molecule has 1 aliphatic heterocycles. The van der Waals surface area contributed by atoms with Gasteiger partial charge < -0.3 is 15.6 Å². The van der Waals surface area contributed by atoms with Gasteiger partial charge in [-0.3, -0.25) is 0 Å². The highest BCUT2D eigenvalue weighted by Crippen LogP contribution is 2.29. The molecule has 0 bridgehead atoms. The predicted molar refractivity (Wildman–Crippen MR) is 90.4 cm³/mol. The average molecular weight is 306 g/mol. The zero-order chi connectivity index (χ0) is 15.5. The third kappa shape index (κ3) is 2.88. The Morgan fingerprint density at radius 1 is 1.13 bits per heavy atom. The maximum atomic E-state index is 4.75. The van der Waals surface area contributed by atoms with Crippen molar-refractivity contribution in [1.82, 2.24) is 19.9 Å². The third-order valence-electron chi connectivity index (χ3n) is 3.95. The number of aromatic amines is 1. The number of fused-ring (bicyclic) bond motifs is 1. The molecule has 0 aliphatic carbocycles. The summed E-state index contributed by atoms with van der Waals surface area (Å²) in [6, 6.07) is 10.1. The number of hydrogen-bond donors (Lipinski definition) is 3. The Morgan fingerprint density at radius 3 is 2.87 bits per heavy atom. The molecule has 0 amide bonds. The Morgan fingerprint density at radius 2 is 2.04 bits per heavy atom. The van der Waals surface area contributed by atoms with Gasteiger partial charge in [0.25, 0.3) is 0 Å². The second-order valence-electron chi connectivity index (χ2n) is 5.52. The molecule has 1 aromatic carbocycles. The smallest absolute Gasteiger partial charge is 0.163 e. The van der Waals surface area contributed by atoms with Gasteiger partial charge in [0.1, 0.15) is 11.6 Å². The van der Waals surface area contributed by atoms with Gasteiger partial charge in [0, 0.05) is 42.5 Å². The summed E-state index contributed by atoms with van der Waals surface area (Å²) < 4.78 is 0. The lowest BCUT2D eigenvalue weighted by molar-refractivity contribution is 0.958. The molecule has 3 N–H and O–H groups in total. The molecule has 0 radical (unpaired) electrons. The molecule has 3 heterocycles. The molecular weight excluding hydrogens is 288 g/mol. The van der Waals surface area contributed by atoms with Crippen LogP contribution < -0.4 is 10.6 Å². The third-order valence-corrected chi connectivity index (χ3v) is 3.95. The molecule has 0 fully saturated rings. The van der Waals surface area contributed by atoms with E-state index in [1.807, 2.05) is 36.5 Å². The Labute approximate surface area is 134 Å². The van der Waals surface area contributed by atoms with E-state index in [4.69, 9.17) is 4.98 Å². The molecule has 1 aliphatic rings. The van der Waals surface area contributed by atoms with E-state index in [-0.39, 0.29) is 0 Å². The number of rotatable bonds is 5. The van der Waals surface area contributed by atoms with Crippen LogP contribution in [0.5, 0.6) is 0 Å². The second-order valence-corrected chi connectivity index (χ2v) is 5.52. The summed E-state index contributed by atoms with van der Waals surface area (Å²) in [5, 5.41) is 6.80. The van der Waals surface area contributed by atoms with Crippen molar-refractivity contribution in [3.05, 3.63) is 54.1 Å². The highest BCUT2D eigenvalue weighted by molar-refractivity contribution is 5.67. The second kappa shape index (κ2) is 6.08. The van der Waals surface area contributed by atoms with Crippen LogP contribution in [0.1, 0.15) is 11.3 Å². The van der Waals surface area contributed by atoms with Crippen molar-refractivity contribution in [2.75, 3.05) is 23.7 Å². The van der Waals surface area contributed by atoms with E-state index in [2.05, 4.69) is 25.6 Å². The molecule has 6 heteroatoms. The van der Waals surface area contributed by atoms with E-state index in [9.17, 15) is 0 Å².